The highest BCUT2D eigenvalue weighted by Crippen LogP contribution is 2.29. The molecule has 0 aromatic heterocycles. The molecule has 0 unspecified atom stereocenters. The van der Waals surface area contributed by atoms with Crippen LogP contribution in [0, 0.1) is 5.82 Å². The van der Waals surface area contributed by atoms with Crippen LogP contribution in [0.25, 0.3) is 0 Å². The largest absolute Gasteiger partial charge is 0.442 e. The quantitative estimate of drug-likeness (QED) is 0.347. The Balaban J connectivity index is 1.28. The summed E-state index contributed by atoms with van der Waals surface area (Å²) >= 11 is 1.58. The molecule has 2 fully saturated rings. The lowest BCUT2D eigenvalue weighted by molar-refractivity contribution is -0.116. The van der Waals surface area contributed by atoms with Crippen molar-refractivity contribution in [1.82, 2.24) is 5.32 Å². The van der Waals surface area contributed by atoms with Gasteiger partial charge in [-0.1, -0.05) is 0 Å². The normalized spacial score (nSPS) is 17.9. The molecule has 0 bridgehead atoms. The lowest BCUT2D eigenvalue weighted by atomic mass is 10.1. The first-order chi connectivity index (χ1) is 16.4. The van der Waals surface area contributed by atoms with E-state index in [-0.39, 0.29) is 24.7 Å². The van der Waals surface area contributed by atoms with E-state index in [2.05, 4.69) is 5.32 Å². The van der Waals surface area contributed by atoms with Crippen LogP contribution in [-0.2, 0) is 9.53 Å². The lowest BCUT2D eigenvalue weighted by Gasteiger charge is -2.20. The maximum absolute atomic E-state index is 14.6. The van der Waals surface area contributed by atoms with E-state index in [1.807, 2.05) is 23.3 Å². The van der Waals surface area contributed by atoms with Gasteiger partial charge in [0, 0.05) is 29.6 Å². The summed E-state index contributed by atoms with van der Waals surface area (Å²) in [5.41, 5.74) is 1.45. The predicted octanol–water partition coefficient (Wildman–Crippen LogP) is 4.03. The third-order valence-electron chi connectivity index (χ3n) is 5.83. The van der Waals surface area contributed by atoms with Gasteiger partial charge in [-0.2, -0.15) is 0 Å². The molecule has 2 amide bonds. The fraction of sp³-hybridized carbons (Fsp3) is 0.320. The molecule has 9 heteroatoms. The molecule has 1 N–H and O–H groups in total. The number of cyclic esters (lactones) is 1. The fourth-order valence-corrected chi connectivity index (χ4v) is 4.40. The van der Waals surface area contributed by atoms with E-state index in [1.165, 1.54) is 17.0 Å². The van der Waals surface area contributed by atoms with Crippen molar-refractivity contribution in [1.29, 1.82) is 0 Å². The minimum Gasteiger partial charge on any atom is -0.442 e. The number of rotatable bonds is 8. The standard InChI is InChI=1S/C25H26FN3O4S/c1-34-20-7-4-17(5-8-20)23(30)10-11-24(31)27-15-19-16-29(25(32)33-19)18-6-9-22(21(26)14-18)28-12-2-3-13-28/h4-11,14,19H,2-3,12-13,15-16H2,1H3,(H,27,31)/b11-10-/t19-/m0/s1. The van der Waals surface area contributed by atoms with Crippen molar-refractivity contribution in [3.05, 3.63) is 66.0 Å². The fourth-order valence-electron chi connectivity index (χ4n) is 3.99. The summed E-state index contributed by atoms with van der Waals surface area (Å²) in [6, 6.07) is 11.9. The maximum atomic E-state index is 14.6. The van der Waals surface area contributed by atoms with Crippen LogP contribution in [0.3, 0.4) is 0 Å². The molecule has 2 aromatic rings. The Kier molecular flexibility index (Phi) is 7.52. The van der Waals surface area contributed by atoms with E-state index in [4.69, 9.17) is 4.74 Å². The summed E-state index contributed by atoms with van der Waals surface area (Å²) in [5, 5.41) is 2.63. The summed E-state index contributed by atoms with van der Waals surface area (Å²) < 4.78 is 19.9. The van der Waals surface area contributed by atoms with Crippen molar-refractivity contribution in [3.8, 4) is 0 Å². The van der Waals surface area contributed by atoms with Gasteiger partial charge in [-0.25, -0.2) is 9.18 Å². The highest BCUT2D eigenvalue weighted by Gasteiger charge is 2.33. The average Bonchev–Trinajstić information content (AvgIpc) is 3.51. The number of carbonyl (C=O) groups excluding carboxylic acids is 3. The number of thioether (sulfide) groups is 1. The van der Waals surface area contributed by atoms with Crippen molar-refractivity contribution < 1.29 is 23.5 Å². The van der Waals surface area contributed by atoms with Gasteiger partial charge in [-0.15, -0.1) is 11.8 Å². The summed E-state index contributed by atoms with van der Waals surface area (Å²) in [4.78, 5) is 41.0. The Labute approximate surface area is 201 Å². The van der Waals surface area contributed by atoms with Crippen molar-refractivity contribution >= 4 is 40.9 Å². The van der Waals surface area contributed by atoms with Crippen molar-refractivity contribution in [2.75, 3.05) is 42.2 Å². The Morgan fingerprint density at radius 3 is 2.56 bits per heavy atom. The van der Waals surface area contributed by atoms with E-state index in [1.54, 1.807) is 36.0 Å². The number of halogens is 1. The molecule has 0 saturated carbocycles. The van der Waals surface area contributed by atoms with Crippen LogP contribution in [0.1, 0.15) is 23.2 Å². The number of benzene rings is 2. The highest BCUT2D eigenvalue weighted by molar-refractivity contribution is 7.98. The van der Waals surface area contributed by atoms with Gasteiger partial charge < -0.3 is 15.0 Å². The number of allylic oxidation sites excluding steroid dienone is 1. The molecule has 2 aromatic carbocycles. The number of amides is 2. The first-order valence-corrected chi connectivity index (χ1v) is 12.3. The van der Waals surface area contributed by atoms with Crippen LogP contribution in [0.5, 0.6) is 0 Å². The number of nitrogens with one attached hydrogen (secondary N) is 1. The van der Waals surface area contributed by atoms with Crippen LogP contribution < -0.4 is 15.1 Å². The van der Waals surface area contributed by atoms with Crippen molar-refractivity contribution in [3.63, 3.8) is 0 Å². The average molecular weight is 484 g/mol. The van der Waals surface area contributed by atoms with Gasteiger partial charge in [0.05, 0.1) is 24.5 Å². The monoisotopic (exact) mass is 483 g/mol. The number of hydrogen-bond donors (Lipinski definition) is 1. The smallest absolute Gasteiger partial charge is 0.414 e. The number of nitrogens with zero attached hydrogens (tertiary/aromatic N) is 2. The van der Waals surface area contributed by atoms with Crippen molar-refractivity contribution in [2.24, 2.45) is 0 Å². The second kappa shape index (κ2) is 10.7. The maximum Gasteiger partial charge on any atom is 0.414 e. The summed E-state index contributed by atoms with van der Waals surface area (Å²) in [6.07, 6.45) is 5.23. The Bertz CT molecular complexity index is 1100. The zero-order valence-electron chi connectivity index (χ0n) is 18.8. The molecule has 178 valence electrons. The topological polar surface area (TPSA) is 79.0 Å². The first kappa shape index (κ1) is 23.8. The Morgan fingerprint density at radius 1 is 1.15 bits per heavy atom. The van der Waals surface area contributed by atoms with Gasteiger partial charge in [0.1, 0.15) is 11.9 Å². The Hall–Kier alpha value is -3.33. The molecule has 2 saturated heterocycles. The lowest BCUT2D eigenvalue weighted by Crippen LogP contribution is -2.33. The van der Waals surface area contributed by atoms with Gasteiger partial charge in [-0.05, 0) is 67.6 Å². The minimum absolute atomic E-state index is 0.0797. The van der Waals surface area contributed by atoms with Gasteiger partial charge >= 0.3 is 6.09 Å². The van der Waals surface area contributed by atoms with Gasteiger partial charge in [0.2, 0.25) is 5.91 Å². The molecular weight excluding hydrogens is 457 g/mol. The molecule has 0 spiro atoms. The predicted molar refractivity (Wildman–Crippen MR) is 130 cm³/mol. The number of ketones is 1. The highest BCUT2D eigenvalue weighted by atomic mass is 32.2. The number of carbonyl (C=O) groups is 3. The molecule has 2 heterocycles. The Morgan fingerprint density at radius 2 is 1.88 bits per heavy atom. The van der Waals surface area contributed by atoms with Gasteiger partial charge in [-0.3, -0.25) is 14.5 Å². The molecular formula is C25H26FN3O4S. The third-order valence-corrected chi connectivity index (χ3v) is 6.57. The molecule has 0 radical (unpaired) electrons. The third kappa shape index (κ3) is 5.59. The molecule has 1 atom stereocenters. The second-order valence-electron chi connectivity index (χ2n) is 8.12. The second-order valence-corrected chi connectivity index (χ2v) is 9.00. The molecule has 7 nitrogen and oxygen atoms in total. The first-order valence-electron chi connectivity index (χ1n) is 11.1. The number of anilines is 2. The molecule has 2 aliphatic rings. The number of hydrogen-bond acceptors (Lipinski definition) is 6. The van der Waals surface area contributed by atoms with Crippen LogP contribution in [0.4, 0.5) is 20.6 Å². The molecule has 2 aliphatic heterocycles. The zero-order valence-corrected chi connectivity index (χ0v) is 19.6. The summed E-state index contributed by atoms with van der Waals surface area (Å²) in [6.45, 7) is 1.92. The van der Waals surface area contributed by atoms with Crippen molar-refractivity contribution in [2.45, 2.75) is 23.8 Å². The van der Waals surface area contributed by atoms with E-state index < -0.39 is 18.1 Å². The van der Waals surface area contributed by atoms with Gasteiger partial charge in [0.25, 0.3) is 0 Å². The van der Waals surface area contributed by atoms with Crippen LogP contribution in [-0.4, -0.2) is 56.3 Å². The van der Waals surface area contributed by atoms with Gasteiger partial charge in [0.15, 0.2) is 5.78 Å². The molecule has 34 heavy (non-hydrogen) atoms. The van der Waals surface area contributed by atoms with Crippen LogP contribution in [0.15, 0.2) is 59.5 Å². The van der Waals surface area contributed by atoms with E-state index in [9.17, 15) is 18.8 Å². The molecule has 4 rings (SSSR count). The summed E-state index contributed by atoms with van der Waals surface area (Å²) in [5.74, 6) is -1.12. The van der Waals surface area contributed by atoms with E-state index >= 15 is 0 Å². The van der Waals surface area contributed by atoms with E-state index in [0.29, 0.717) is 16.9 Å². The number of ether oxygens (including phenoxy) is 1. The SMILES string of the molecule is CSc1ccc(C(=O)/C=C\C(=O)NC[C@H]2CN(c3ccc(N4CCCC4)c(F)c3)C(=O)O2)cc1. The van der Waals surface area contributed by atoms with Crippen LogP contribution >= 0.6 is 11.8 Å². The van der Waals surface area contributed by atoms with Crippen LogP contribution in [0.2, 0.25) is 0 Å². The minimum atomic E-state index is -0.591. The molecule has 0 aliphatic carbocycles. The van der Waals surface area contributed by atoms with E-state index in [0.717, 1.165) is 36.9 Å². The zero-order chi connectivity index (χ0) is 24.1. The summed E-state index contributed by atoms with van der Waals surface area (Å²) in [7, 11) is 0.